The molecule has 1 amide bonds. The minimum absolute atomic E-state index is 0.0453. The molecule has 0 aromatic rings. The third-order valence-corrected chi connectivity index (χ3v) is 1.87. The van der Waals surface area contributed by atoms with Gasteiger partial charge in [-0.25, -0.2) is 5.06 Å². The highest BCUT2D eigenvalue weighted by Crippen LogP contribution is 1.99. The van der Waals surface area contributed by atoms with Crippen LogP contribution in [0.5, 0.6) is 0 Å². The van der Waals surface area contributed by atoms with Gasteiger partial charge in [0, 0.05) is 13.6 Å². The first kappa shape index (κ1) is 13.7. The lowest BCUT2D eigenvalue weighted by atomic mass is 10.1. The highest BCUT2D eigenvalue weighted by molar-refractivity contribution is 5.80. The maximum absolute atomic E-state index is 11.4. The number of hydrogen-bond acceptors (Lipinski definition) is 4. The first-order valence-corrected chi connectivity index (χ1v) is 4.61. The van der Waals surface area contributed by atoms with E-state index in [9.17, 15) is 4.79 Å². The number of hydroxylamine groups is 2. The minimum atomic E-state index is -0.579. The second-order valence-electron chi connectivity index (χ2n) is 3.07. The first-order chi connectivity index (χ1) is 6.99. The molecule has 0 heterocycles. The van der Waals surface area contributed by atoms with Crippen LogP contribution < -0.4 is 17.2 Å². The van der Waals surface area contributed by atoms with E-state index in [4.69, 9.17) is 22.0 Å². The smallest absolute Gasteiger partial charge is 0.262 e. The number of rotatable bonds is 6. The molecule has 0 bridgehead atoms. The van der Waals surface area contributed by atoms with Gasteiger partial charge < -0.3 is 17.2 Å². The summed E-state index contributed by atoms with van der Waals surface area (Å²) in [5, 5.41) is 1.10. The van der Waals surface area contributed by atoms with E-state index in [1.54, 1.807) is 0 Å². The van der Waals surface area contributed by atoms with E-state index in [0.29, 0.717) is 19.4 Å². The molecule has 0 aromatic heterocycles. The van der Waals surface area contributed by atoms with Crippen molar-refractivity contribution in [1.82, 2.24) is 5.06 Å². The molecule has 0 aromatic carbocycles. The number of nitrogens with two attached hydrogens (primary N) is 3. The Labute approximate surface area is 89.2 Å². The fourth-order valence-electron chi connectivity index (χ4n) is 0.966. The molecule has 0 aliphatic rings. The zero-order chi connectivity index (χ0) is 11.8. The predicted octanol–water partition coefficient (Wildman–Crippen LogP) is -1.61. The van der Waals surface area contributed by atoms with Crippen LogP contribution in [0.15, 0.2) is 4.99 Å². The van der Waals surface area contributed by atoms with Crippen molar-refractivity contribution in [3.63, 3.8) is 0 Å². The lowest BCUT2D eigenvalue weighted by Crippen LogP contribution is -2.41. The van der Waals surface area contributed by atoms with Gasteiger partial charge >= 0.3 is 0 Å². The molecule has 0 rings (SSSR count). The van der Waals surface area contributed by atoms with Crippen molar-refractivity contribution in [2.45, 2.75) is 18.9 Å². The van der Waals surface area contributed by atoms with Gasteiger partial charge in [0.15, 0.2) is 5.96 Å². The summed E-state index contributed by atoms with van der Waals surface area (Å²) in [6.07, 6.45) is 1.17. The van der Waals surface area contributed by atoms with Crippen molar-refractivity contribution in [3.8, 4) is 0 Å². The Morgan fingerprint density at radius 1 is 1.53 bits per heavy atom. The number of amides is 1. The minimum Gasteiger partial charge on any atom is -0.370 e. The van der Waals surface area contributed by atoms with E-state index < -0.39 is 6.04 Å². The average Bonchev–Trinajstić information content (AvgIpc) is 2.21. The quantitative estimate of drug-likeness (QED) is 0.214. The van der Waals surface area contributed by atoms with Crippen LogP contribution in [0.4, 0.5) is 0 Å². The number of aliphatic imine (C=N–C) groups is 1. The van der Waals surface area contributed by atoms with E-state index >= 15 is 0 Å². The average molecular weight is 217 g/mol. The molecule has 1 atom stereocenters. The summed E-state index contributed by atoms with van der Waals surface area (Å²) in [7, 11) is 2.92. The van der Waals surface area contributed by atoms with Gasteiger partial charge in [0.2, 0.25) is 0 Å². The second-order valence-corrected chi connectivity index (χ2v) is 3.07. The van der Waals surface area contributed by atoms with Gasteiger partial charge in [0.05, 0.1) is 13.2 Å². The van der Waals surface area contributed by atoms with Gasteiger partial charge in [-0.2, -0.15) is 0 Å². The molecule has 0 fully saturated rings. The molecule has 0 saturated heterocycles. The number of nitrogens with zero attached hydrogens (tertiary/aromatic N) is 2. The summed E-state index contributed by atoms with van der Waals surface area (Å²) in [5.74, 6) is -0.217. The maximum atomic E-state index is 11.4. The van der Waals surface area contributed by atoms with E-state index in [-0.39, 0.29) is 11.9 Å². The summed E-state index contributed by atoms with van der Waals surface area (Å²) in [6, 6.07) is -0.579. The van der Waals surface area contributed by atoms with Crippen molar-refractivity contribution in [2.24, 2.45) is 22.2 Å². The van der Waals surface area contributed by atoms with Gasteiger partial charge in [-0.1, -0.05) is 0 Å². The zero-order valence-corrected chi connectivity index (χ0v) is 9.14. The van der Waals surface area contributed by atoms with E-state index in [0.717, 1.165) is 5.06 Å². The van der Waals surface area contributed by atoms with Crippen LogP contribution >= 0.6 is 0 Å². The monoisotopic (exact) mass is 217 g/mol. The normalized spacial score (nSPS) is 11.9. The van der Waals surface area contributed by atoms with Crippen LogP contribution in [0.3, 0.4) is 0 Å². The highest BCUT2D eigenvalue weighted by Gasteiger charge is 2.17. The van der Waals surface area contributed by atoms with Crippen molar-refractivity contribution in [2.75, 3.05) is 20.7 Å². The standard InChI is InChI=1S/C8H19N5O2/c1-13(15-2)7(14)6(9)4-3-5-12-8(10)11/h6H,3-5,9H2,1-2H3,(H4,10,11,12). The second kappa shape index (κ2) is 7.02. The molecule has 0 spiro atoms. The largest absolute Gasteiger partial charge is 0.370 e. The highest BCUT2D eigenvalue weighted by atomic mass is 16.7. The summed E-state index contributed by atoms with van der Waals surface area (Å²) in [4.78, 5) is 19.9. The van der Waals surface area contributed by atoms with E-state index in [1.165, 1.54) is 14.2 Å². The van der Waals surface area contributed by atoms with Gasteiger partial charge in [0.1, 0.15) is 0 Å². The SMILES string of the molecule is CON(C)C(=O)C(N)CCCN=C(N)N. The maximum Gasteiger partial charge on any atom is 0.262 e. The Morgan fingerprint density at radius 2 is 2.13 bits per heavy atom. The Morgan fingerprint density at radius 3 is 2.60 bits per heavy atom. The molecule has 0 aliphatic heterocycles. The van der Waals surface area contributed by atoms with Crippen molar-refractivity contribution in [3.05, 3.63) is 0 Å². The molecule has 15 heavy (non-hydrogen) atoms. The van der Waals surface area contributed by atoms with Gasteiger partial charge in [-0.3, -0.25) is 14.6 Å². The van der Waals surface area contributed by atoms with Crippen LogP contribution in [0.1, 0.15) is 12.8 Å². The summed E-state index contributed by atoms with van der Waals surface area (Å²) in [5.41, 5.74) is 15.9. The Kier molecular flexibility index (Phi) is 6.39. The molecule has 0 saturated carbocycles. The van der Waals surface area contributed by atoms with Crippen LogP contribution in [-0.2, 0) is 9.63 Å². The van der Waals surface area contributed by atoms with E-state index in [2.05, 4.69) is 4.99 Å². The van der Waals surface area contributed by atoms with Crippen LogP contribution in [0, 0.1) is 0 Å². The lowest BCUT2D eigenvalue weighted by Gasteiger charge is -2.18. The predicted molar refractivity (Wildman–Crippen MR) is 57.7 cm³/mol. The van der Waals surface area contributed by atoms with Crippen molar-refractivity contribution in [1.29, 1.82) is 0 Å². The fourth-order valence-corrected chi connectivity index (χ4v) is 0.966. The number of likely N-dealkylation sites (N-methyl/N-ethyl adjacent to an activating group) is 1. The van der Waals surface area contributed by atoms with Crippen LogP contribution in [0.2, 0.25) is 0 Å². The summed E-state index contributed by atoms with van der Waals surface area (Å²) in [6.45, 7) is 0.472. The molecule has 88 valence electrons. The molecular weight excluding hydrogens is 198 g/mol. The number of carbonyl (C=O) groups is 1. The van der Waals surface area contributed by atoms with Gasteiger partial charge in [-0.15, -0.1) is 0 Å². The third-order valence-electron chi connectivity index (χ3n) is 1.87. The fraction of sp³-hybridized carbons (Fsp3) is 0.750. The van der Waals surface area contributed by atoms with E-state index in [1.807, 2.05) is 0 Å². The third kappa shape index (κ3) is 5.87. The lowest BCUT2D eigenvalue weighted by molar-refractivity contribution is -0.170. The summed E-state index contributed by atoms with van der Waals surface area (Å²) >= 11 is 0. The van der Waals surface area contributed by atoms with Crippen molar-refractivity contribution >= 4 is 11.9 Å². The van der Waals surface area contributed by atoms with Crippen LogP contribution in [0.25, 0.3) is 0 Å². The zero-order valence-electron chi connectivity index (χ0n) is 9.14. The van der Waals surface area contributed by atoms with Crippen molar-refractivity contribution < 1.29 is 9.63 Å². The molecule has 6 N–H and O–H groups in total. The number of carbonyl (C=O) groups excluding carboxylic acids is 1. The topological polar surface area (TPSA) is 120 Å². The molecule has 0 radical (unpaired) electrons. The molecule has 0 aliphatic carbocycles. The van der Waals surface area contributed by atoms with Gasteiger partial charge in [-0.05, 0) is 12.8 Å². The molecular formula is C8H19N5O2. The van der Waals surface area contributed by atoms with Gasteiger partial charge in [0.25, 0.3) is 5.91 Å². The number of guanidine groups is 1. The van der Waals surface area contributed by atoms with Crippen LogP contribution in [-0.4, -0.2) is 43.7 Å². The Bertz CT molecular complexity index is 227. The molecule has 7 nitrogen and oxygen atoms in total. The first-order valence-electron chi connectivity index (χ1n) is 4.61. The Hall–Kier alpha value is -1.34. The molecule has 1 unspecified atom stereocenters. The summed E-state index contributed by atoms with van der Waals surface area (Å²) < 4.78 is 0. The Balaban J connectivity index is 3.79. The number of hydrogen-bond donors (Lipinski definition) is 3. The molecule has 7 heteroatoms.